The molecular weight excluding hydrogens is 485 g/mol. The number of ether oxygens (including phenoxy) is 2. The first-order chi connectivity index (χ1) is 16.7. The number of hydrogen-bond donors (Lipinski definition) is 2. The summed E-state index contributed by atoms with van der Waals surface area (Å²) in [5.74, 6) is -0.00595. The summed E-state index contributed by atoms with van der Waals surface area (Å²) < 4.78 is 37.4. The fraction of sp³-hybridized carbons (Fsp3) is 0.167. The van der Waals surface area contributed by atoms with Gasteiger partial charge in [-0.15, -0.1) is 0 Å². The van der Waals surface area contributed by atoms with Gasteiger partial charge in [0.05, 0.1) is 17.2 Å². The Kier molecular flexibility index (Phi) is 8.86. The minimum atomic E-state index is -3.73. The predicted octanol–water partition coefficient (Wildman–Crippen LogP) is 2.46. The van der Waals surface area contributed by atoms with Gasteiger partial charge >= 0.3 is 0 Å². The maximum Gasteiger partial charge on any atom is 0.264 e. The van der Waals surface area contributed by atoms with Crippen LogP contribution < -0.4 is 25.1 Å². The number of carbonyl (C=O) groups is 1. The van der Waals surface area contributed by atoms with Crippen molar-refractivity contribution in [1.29, 1.82) is 0 Å². The van der Waals surface area contributed by atoms with Gasteiger partial charge in [-0.25, -0.2) is 8.42 Å². The molecule has 3 rings (SSSR count). The number of sulfonamides is 1. The predicted molar refractivity (Wildman–Crippen MR) is 141 cm³/mol. The van der Waals surface area contributed by atoms with E-state index in [1.165, 1.54) is 29.6 Å². The Bertz CT molecular complexity index is 1290. The summed E-state index contributed by atoms with van der Waals surface area (Å²) in [6.07, 6.45) is 0. The number of thiocarbonyl (C=S) groups is 1. The highest BCUT2D eigenvalue weighted by molar-refractivity contribution is 7.92. The number of rotatable bonds is 9. The van der Waals surface area contributed by atoms with Crippen LogP contribution in [0.15, 0.2) is 77.7 Å². The molecular formula is C24H24BN3O5S2. The van der Waals surface area contributed by atoms with Crippen LogP contribution in [0, 0.1) is 0 Å². The van der Waals surface area contributed by atoms with Gasteiger partial charge in [-0.1, -0.05) is 29.7 Å². The van der Waals surface area contributed by atoms with Gasteiger partial charge in [0.25, 0.3) is 15.9 Å². The fourth-order valence-electron chi connectivity index (χ4n) is 3.04. The van der Waals surface area contributed by atoms with Crippen molar-refractivity contribution >= 4 is 57.9 Å². The molecule has 0 saturated carbocycles. The number of nitrogens with one attached hydrogen (secondary N) is 2. The second-order valence-corrected chi connectivity index (χ2v) is 9.71. The average molecular weight is 509 g/mol. The van der Waals surface area contributed by atoms with E-state index in [1.807, 2.05) is 6.07 Å². The molecule has 3 aromatic carbocycles. The van der Waals surface area contributed by atoms with E-state index in [2.05, 4.69) is 10.6 Å². The number of methoxy groups -OCH3 is 1. The molecule has 0 heterocycles. The molecule has 0 aliphatic carbocycles. The lowest BCUT2D eigenvalue weighted by atomic mass is 9.93. The molecule has 11 heteroatoms. The van der Waals surface area contributed by atoms with Crippen LogP contribution in [0.2, 0.25) is 0 Å². The highest BCUT2D eigenvalue weighted by atomic mass is 32.2. The Morgan fingerprint density at radius 1 is 1.03 bits per heavy atom. The topological polar surface area (TPSA) is 97.0 Å². The Morgan fingerprint density at radius 3 is 2.34 bits per heavy atom. The van der Waals surface area contributed by atoms with Crippen LogP contribution in [0.5, 0.6) is 5.75 Å². The molecule has 35 heavy (non-hydrogen) atoms. The van der Waals surface area contributed by atoms with Crippen molar-refractivity contribution in [3.05, 3.63) is 78.4 Å². The summed E-state index contributed by atoms with van der Waals surface area (Å²) in [7, 11) is 5.28. The molecule has 0 atom stereocenters. The first-order valence-corrected chi connectivity index (χ1v) is 12.3. The molecule has 8 nitrogen and oxygen atoms in total. The van der Waals surface area contributed by atoms with E-state index >= 15 is 0 Å². The molecule has 0 fully saturated rings. The van der Waals surface area contributed by atoms with Crippen molar-refractivity contribution in [3.63, 3.8) is 0 Å². The van der Waals surface area contributed by atoms with Crippen molar-refractivity contribution in [3.8, 4) is 5.75 Å². The van der Waals surface area contributed by atoms with E-state index in [4.69, 9.17) is 29.5 Å². The zero-order valence-electron chi connectivity index (χ0n) is 19.2. The van der Waals surface area contributed by atoms with Gasteiger partial charge in [-0.05, 0) is 60.7 Å². The smallest absolute Gasteiger partial charge is 0.264 e. The lowest BCUT2D eigenvalue weighted by Gasteiger charge is -2.19. The SMILES string of the molecule is [B]c1cc(C(=O)NC(=S)Nc2ccc(S(=O)(=O)N(C)c3ccccc3)cc2)ccc1OCCOC. The number of amides is 1. The molecule has 0 spiro atoms. The normalized spacial score (nSPS) is 10.9. The minimum absolute atomic E-state index is 0.0472. The maximum absolute atomic E-state index is 12.9. The molecule has 0 aromatic heterocycles. The fourth-order valence-corrected chi connectivity index (χ4v) is 4.44. The van der Waals surface area contributed by atoms with Crippen molar-refractivity contribution in [2.75, 3.05) is 37.0 Å². The third-order valence-corrected chi connectivity index (χ3v) is 6.94. The van der Waals surface area contributed by atoms with Crippen LogP contribution in [0.3, 0.4) is 0 Å². The largest absolute Gasteiger partial charge is 0.492 e. The third-order valence-electron chi connectivity index (χ3n) is 4.93. The van der Waals surface area contributed by atoms with E-state index in [0.717, 1.165) is 0 Å². The van der Waals surface area contributed by atoms with E-state index in [1.54, 1.807) is 55.6 Å². The quantitative estimate of drug-likeness (QED) is 0.260. The van der Waals surface area contributed by atoms with Gasteiger partial charge in [0.15, 0.2) is 5.11 Å². The molecule has 1 amide bonds. The van der Waals surface area contributed by atoms with E-state index in [9.17, 15) is 13.2 Å². The standard InChI is InChI=1S/C24H24BN3O5S2/c1-28(19-6-4-3-5-7-19)35(30,31)20-11-9-18(10-12-20)26-24(34)27-23(29)17-8-13-22(21(25)16-17)33-15-14-32-2/h3-13,16H,14-15H2,1-2H3,(H2,26,27,29,34). The van der Waals surface area contributed by atoms with E-state index in [0.29, 0.717) is 41.4 Å². The third kappa shape index (κ3) is 6.81. The Labute approximate surface area is 211 Å². The molecule has 2 radical (unpaired) electrons. The Morgan fingerprint density at radius 2 is 1.71 bits per heavy atom. The average Bonchev–Trinajstić information content (AvgIpc) is 2.85. The Hall–Kier alpha value is -3.41. The summed E-state index contributed by atoms with van der Waals surface area (Å²) in [6.45, 7) is 0.751. The summed E-state index contributed by atoms with van der Waals surface area (Å²) in [5, 5.41) is 5.48. The van der Waals surface area contributed by atoms with Crippen LogP contribution in [0.4, 0.5) is 11.4 Å². The molecule has 2 N–H and O–H groups in total. The van der Waals surface area contributed by atoms with Crippen molar-refractivity contribution in [2.45, 2.75) is 4.90 Å². The molecule has 0 unspecified atom stereocenters. The summed E-state index contributed by atoms with van der Waals surface area (Å²) >= 11 is 5.21. The molecule has 0 bridgehead atoms. The molecule has 0 aliphatic heterocycles. The number of anilines is 2. The molecule has 0 saturated heterocycles. The summed E-state index contributed by atoms with van der Waals surface area (Å²) in [5.41, 5.74) is 1.67. The molecule has 180 valence electrons. The number of benzene rings is 3. The number of para-hydroxylation sites is 1. The Balaban J connectivity index is 1.60. The zero-order chi connectivity index (χ0) is 25.4. The lowest BCUT2D eigenvalue weighted by Crippen LogP contribution is -2.34. The number of carbonyl (C=O) groups excluding carboxylic acids is 1. The minimum Gasteiger partial charge on any atom is -0.492 e. The second kappa shape index (κ2) is 11.8. The van der Waals surface area contributed by atoms with E-state index in [-0.39, 0.29) is 10.0 Å². The van der Waals surface area contributed by atoms with Gasteiger partial charge in [-0.2, -0.15) is 0 Å². The second-order valence-electron chi connectivity index (χ2n) is 7.33. The van der Waals surface area contributed by atoms with Crippen LogP contribution in [0.1, 0.15) is 10.4 Å². The summed E-state index contributed by atoms with van der Waals surface area (Å²) in [6, 6.07) is 19.5. The van der Waals surface area contributed by atoms with Crippen LogP contribution >= 0.6 is 12.2 Å². The van der Waals surface area contributed by atoms with Gasteiger partial charge in [-0.3, -0.25) is 14.4 Å². The maximum atomic E-state index is 12.9. The van der Waals surface area contributed by atoms with Gasteiger partial charge in [0.2, 0.25) is 0 Å². The molecule has 0 aliphatic rings. The highest BCUT2D eigenvalue weighted by Gasteiger charge is 2.21. The summed E-state index contributed by atoms with van der Waals surface area (Å²) in [4.78, 5) is 12.6. The van der Waals surface area contributed by atoms with Crippen LogP contribution in [-0.2, 0) is 14.8 Å². The van der Waals surface area contributed by atoms with Gasteiger partial charge < -0.3 is 14.8 Å². The zero-order valence-corrected chi connectivity index (χ0v) is 20.9. The van der Waals surface area contributed by atoms with Crippen molar-refractivity contribution < 1.29 is 22.7 Å². The number of hydrogen-bond acceptors (Lipinski definition) is 6. The van der Waals surface area contributed by atoms with Crippen LogP contribution in [-0.4, -0.2) is 54.7 Å². The van der Waals surface area contributed by atoms with Gasteiger partial charge in [0.1, 0.15) is 20.2 Å². The molecule has 3 aromatic rings. The number of nitrogens with zero attached hydrogens (tertiary/aromatic N) is 1. The van der Waals surface area contributed by atoms with Crippen molar-refractivity contribution in [1.82, 2.24) is 5.32 Å². The van der Waals surface area contributed by atoms with Gasteiger partial charge in [0, 0.05) is 25.4 Å². The highest BCUT2D eigenvalue weighted by Crippen LogP contribution is 2.22. The van der Waals surface area contributed by atoms with E-state index < -0.39 is 15.9 Å². The first kappa shape index (κ1) is 26.2. The monoisotopic (exact) mass is 509 g/mol. The van der Waals surface area contributed by atoms with Crippen LogP contribution in [0.25, 0.3) is 0 Å². The lowest BCUT2D eigenvalue weighted by molar-refractivity contribution is 0.0977. The van der Waals surface area contributed by atoms with Crippen molar-refractivity contribution in [2.24, 2.45) is 0 Å². The first-order valence-electron chi connectivity index (χ1n) is 10.5.